The Balaban J connectivity index is 2.07. The fourth-order valence-electron chi connectivity index (χ4n) is 2.96. The van der Waals surface area contributed by atoms with Gasteiger partial charge >= 0.3 is 0 Å². The van der Waals surface area contributed by atoms with Crippen molar-refractivity contribution in [2.24, 2.45) is 0 Å². The van der Waals surface area contributed by atoms with Crippen LogP contribution in [0.3, 0.4) is 0 Å². The second kappa shape index (κ2) is 5.86. The Morgan fingerprint density at radius 2 is 1.52 bits per heavy atom. The van der Waals surface area contributed by atoms with Crippen LogP contribution in [0.4, 0.5) is 4.39 Å². The van der Waals surface area contributed by atoms with Crippen molar-refractivity contribution in [1.29, 1.82) is 0 Å². The lowest BCUT2D eigenvalue weighted by Crippen LogP contribution is -2.03. The molecule has 3 nitrogen and oxygen atoms in total. The Hall–Kier alpha value is -2.92. The third kappa shape index (κ3) is 2.62. The van der Waals surface area contributed by atoms with Crippen molar-refractivity contribution in [2.45, 2.75) is 9.79 Å². The summed E-state index contributed by atoms with van der Waals surface area (Å²) in [5.74, 6) is -0.417. The lowest BCUT2D eigenvalue weighted by molar-refractivity contribution is 0.597. The number of H-pyrrole nitrogens is 1. The van der Waals surface area contributed by atoms with Crippen molar-refractivity contribution < 1.29 is 12.8 Å². The molecule has 1 heterocycles. The smallest absolute Gasteiger partial charge is 0.209 e. The number of sulfone groups is 1. The SMILES string of the molecule is O=S(=O)(c1ccccc1)c1c(-c2cccc(F)c2)[nH]c2ccccc12. The predicted molar refractivity (Wildman–Crippen MR) is 95.6 cm³/mol. The fraction of sp³-hybridized carbons (Fsp3) is 0. The molecule has 0 atom stereocenters. The summed E-state index contributed by atoms with van der Waals surface area (Å²) in [6.45, 7) is 0. The number of fused-ring (bicyclic) bond motifs is 1. The van der Waals surface area contributed by atoms with Crippen LogP contribution in [-0.2, 0) is 9.84 Å². The maximum absolute atomic E-state index is 13.7. The van der Waals surface area contributed by atoms with Crippen LogP contribution >= 0.6 is 0 Å². The molecule has 25 heavy (non-hydrogen) atoms. The molecular formula is C20H14FNO2S. The standard InChI is InChI=1S/C20H14FNO2S/c21-15-8-6-7-14(13-15)19-20(17-11-4-5-12-18(17)22-19)25(23,24)16-9-2-1-3-10-16/h1-13,22H. The van der Waals surface area contributed by atoms with Crippen LogP contribution in [0.5, 0.6) is 0 Å². The minimum atomic E-state index is -3.77. The topological polar surface area (TPSA) is 49.9 Å². The van der Waals surface area contributed by atoms with Gasteiger partial charge in [0.25, 0.3) is 0 Å². The van der Waals surface area contributed by atoms with Crippen LogP contribution in [0.25, 0.3) is 22.2 Å². The minimum absolute atomic E-state index is 0.167. The molecule has 0 aliphatic heterocycles. The molecule has 0 fully saturated rings. The van der Waals surface area contributed by atoms with Gasteiger partial charge in [-0.3, -0.25) is 0 Å². The van der Waals surface area contributed by atoms with E-state index in [9.17, 15) is 12.8 Å². The molecule has 0 unspecified atom stereocenters. The normalized spacial score (nSPS) is 11.7. The number of aromatic nitrogens is 1. The average molecular weight is 351 g/mol. The van der Waals surface area contributed by atoms with E-state index in [1.54, 1.807) is 54.6 Å². The summed E-state index contributed by atoms with van der Waals surface area (Å²) in [5.41, 5.74) is 1.58. The van der Waals surface area contributed by atoms with Crippen molar-refractivity contribution in [3.8, 4) is 11.3 Å². The van der Waals surface area contributed by atoms with E-state index in [1.807, 2.05) is 12.1 Å². The van der Waals surface area contributed by atoms with Crippen molar-refractivity contribution >= 4 is 20.7 Å². The molecule has 5 heteroatoms. The Morgan fingerprint density at radius 3 is 2.28 bits per heavy atom. The molecule has 0 saturated heterocycles. The zero-order valence-corrected chi connectivity index (χ0v) is 13.9. The quantitative estimate of drug-likeness (QED) is 0.576. The van der Waals surface area contributed by atoms with Crippen molar-refractivity contribution in [2.75, 3.05) is 0 Å². The number of hydrogen-bond acceptors (Lipinski definition) is 2. The molecule has 0 saturated carbocycles. The summed E-state index contributed by atoms with van der Waals surface area (Å²) in [4.78, 5) is 3.51. The van der Waals surface area contributed by atoms with Crippen LogP contribution in [0, 0.1) is 5.82 Å². The number of halogens is 1. The predicted octanol–water partition coefficient (Wildman–Crippen LogP) is 4.81. The van der Waals surface area contributed by atoms with Gasteiger partial charge in [0.2, 0.25) is 9.84 Å². The number of para-hydroxylation sites is 1. The van der Waals surface area contributed by atoms with Gasteiger partial charge < -0.3 is 4.98 Å². The van der Waals surface area contributed by atoms with Gasteiger partial charge in [0.05, 0.1) is 10.6 Å². The summed E-state index contributed by atoms with van der Waals surface area (Å²) < 4.78 is 40.2. The van der Waals surface area contributed by atoms with E-state index < -0.39 is 15.7 Å². The summed E-state index contributed by atoms with van der Waals surface area (Å²) >= 11 is 0. The molecule has 0 aliphatic rings. The maximum atomic E-state index is 13.7. The lowest BCUT2D eigenvalue weighted by atomic mass is 10.1. The van der Waals surface area contributed by atoms with Gasteiger partial charge in [0.1, 0.15) is 10.7 Å². The van der Waals surface area contributed by atoms with E-state index in [0.29, 0.717) is 22.2 Å². The van der Waals surface area contributed by atoms with E-state index in [2.05, 4.69) is 4.98 Å². The van der Waals surface area contributed by atoms with Gasteiger partial charge in [0, 0.05) is 16.5 Å². The lowest BCUT2D eigenvalue weighted by Gasteiger charge is -2.07. The van der Waals surface area contributed by atoms with Crippen LogP contribution in [0.15, 0.2) is 88.7 Å². The van der Waals surface area contributed by atoms with Crippen LogP contribution in [0.2, 0.25) is 0 Å². The van der Waals surface area contributed by atoms with Crippen LogP contribution in [-0.4, -0.2) is 13.4 Å². The Labute approximate surface area is 144 Å². The van der Waals surface area contributed by atoms with Gasteiger partial charge in [-0.25, -0.2) is 12.8 Å². The molecule has 0 amide bonds. The Kier molecular flexibility index (Phi) is 3.66. The fourth-order valence-corrected chi connectivity index (χ4v) is 4.62. The summed E-state index contributed by atoms with van der Waals surface area (Å²) in [7, 11) is -3.77. The van der Waals surface area contributed by atoms with Crippen molar-refractivity contribution in [3.63, 3.8) is 0 Å². The molecule has 1 N–H and O–H groups in total. The van der Waals surface area contributed by atoms with Crippen LogP contribution in [0.1, 0.15) is 0 Å². The molecule has 3 aromatic carbocycles. The van der Waals surface area contributed by atoms with Gasteiger partial charge in [-0.1, -0.05) is 48.5 Å². The largest absolute Gasteiger partial charge is 0.353 e. The Morgan fingerprint density at radius 1 is 0.800 bits per heavy atom. The molecule has 4 rings (SSSR count). The van der Waals surface area contributed by atoms with Crippen molar-refractivity contribution in [1.82, 2.24) is 4.98 Å². The number of benzene rings is 3. The first kappa shape index (κ1) is 15.6. The number of hydrogen-bond donors (Lipinski definition) is 1. The van der Waals surface area contributed by atoms with E-state index in [0.717, 1.165) is 0 Å². The summed E-state index contributed by atoms with van der Waals surface area (Å²) in [6, 6.07) is 21.3. The van der Waals surface area contributed by atoms with Gasteiger partial charge in [-0.2, -0.15) is 0 Å². The van der Waals surface area contributed by atoms with E-state index in [1.165, 1.54) is 12.1 Å². The summed E-state index contributed by atoms with van der Waals surface area (Å²) in [5, 5.41) is 0.589. The number of nitrogens with one attached hydrogen (secondary N) is 1. The van der Waals surface area contributed by atoms with Crippen LogP contribution < -0.4 is 0 Å². The number of rotatable bonds is 3. The van der Waals surface area contributed by atoms with Gasteiger partial charge in [-0.05, 0) is 30.3 Å². The molecular weight excluding hydrogens is 337 g/mol. The Bertz CT molecular complexity index is 1160. The monoisotopic (exact) mass is 351 g/mol. The highest BCUT2D eigenvalue weighted by Gasteiger charge is 2.26. The maximum Gasteiger partial charge on any atom is 0.209 e. The highest BCUT2D eigenvalue weighted by molar-refractivity contribution is 7.91. The summed E-state index contributed by atoms with van der Waals surface area (Å²) in [6.07, 6.45) is 0. The minimum Gasteiger partial charge on any atom is -0.353 e. The number of aromatic amines is 1. The van der Waals surface area contributed by atoms with Crippen molar-refractivity contribution in [3.05, 3.63) is 84.7 Å². The molecule has 0 aliphatic carbocycles. The molecule has 4 aromatic rings. The van der Waals surface area contributed by atoms with E-state index in [4.69, 9.17) is 0 Å². The molecule has 0 radical (unpaired) electrons. The van der Waals surface area contributed by atoms with E-state index in [-0.39, 0.29) is 9.79 Å². The van der Waals surface area contributed by atoms with Gasteiger partial charge in [0.15, 0.2) is 0 Å². The molecule has 124 valence electrons. The van der Waals surface area contributed by atoms with E-state index >= 15 is 0 Å². The zero-order chi connectivity index (χ0) is 17.4. The molecule has 1 aromatic heterocycles. The second-order valence-electron chi connectivity index (χ2n) is 5.70. The highest BCUT2D eigenvalue weighted by atomic mass is 32.2. The highest BCUT2D eigenvalue weighted by Crippen LogP contribution is 2.37. The molecule has 0 bridgehead atoms. The average Bonchev–Trinajstić information content (AvgIpc) is 3.03. The zero-order valence-electron chi connectivity index (χ0n) is 13.1. The first-order valence-corrected chi connectivity index (χ1v) is 9.22. The van der Waals surface area contributed by atoms with Gasteiger partial charge in [-0.15, -0.1) is 0 Å². The third-order valence-electron chi connectivity index (χ3n) is 4.09. The third-order valence-corrected chi connectivity index (χ3v) is 5.95. The molecule has 0 spiro atoms. The second-order valence-corrected chi connectivity index (χ2v) is 7.59. The first-order valence-electron chi connectivity index (χ1n) is 7.74. The first-order chi connectivity index (χ1) is 12.1.